The van der Waals surface area contributed by atoms with Gasteiger partial charge in [0.2, 0.25) is 0 Å². The molecule has 8 heteroatoms. The minimum absolute atomic E-state index is 0.0339. The highest BCUT2D eigenvalue weighted by Gasteiger charge is 2.23. The molecule has 3 N–H and O–H groups in total. The van der Waals surface area contributed by atoms with Crippen molar-refractivity contribution in [3.63, 3.8) is 0 Å². The van der Waals surface area contributed by atoms with E-state index in [0.717, 1.165) is 33.6 Å². The largest absolute Gasteiger partial charge is 0.386 e. The van der Waals surface area contributed by atoms with Crippen LogP contribution >= 0.6 is 11.3 Å². The molecule has 1 atom stereocenters. The lowest BCUT2D eigenvalue weighted by atomic mass is 9.85. The zero-order valence-electron chi connectivity index (χ0n) is 19.4. The van der Waals surface area contributed by atoms with Crippen LogP contribution in [0.4, 0.5) is 0 Å². The predicted octanol–water partition coefficient (Wildman–Crippen LogP) is 4.84. The van der Waals surface area contributed by atoms with Crippen molar-refractivity contribution < 1.29 is 18.8 Å². The highest BCUT2D eigenvalue weighted by molar-refractivity contribution is 7.93. The van der Waals surface area contributed by atoms with Crippen molar-refractivity contribution >= 4 is 27.2 Å². The van der Waals surface area contributed by atoms with Gasteiger partial charge in [-0.15, -0.1) is 15.7 Å². The minimum atomic E-state index is -3.39. The summed E-state index contributed by atoms with van der Waals surface area (Å²) in [7, 11) is -1.73. The maximum absolute atomic E-state index is 13.0. The van der Waals surface area contributed by atoms with Gasteiger partial charge in [0.15, 0.2) is 9.92 Å². The highest BCUT2D eigenvalue weighted by Crippen LogP contribution is 2.31. The molecule has 0 aliphatic carbocycles. The van der Waals surface area contributed by atoms with Gasteiger partial charge in [-0.1, -0.05) is 39.8 Å². The molecule has 1 heterocycles. The standard InChI is InChI=1S/C23H34N2O4S2/c1-14(2)18-8-16(12-29-7)9-19(15(3)4)20(18)11-21(26)25-31(24,28)22-10-17(13-30-22)23(5,6)27/h8-10,13-15,27H,11-12H2,1-7H3,(H2,24,25,26,28)/t31-/m1/s1. The Balaban J connectivity index is 2.46. The van der Waals surface area contributed by atoms with Gasteiger partial charge >= 0.3 is 0 Å². The van der Waals surface area contributed by atoms with Gasteiger partial charge in [-0.2, -0.15) is 0 Å². The van der Waals surface area contributed by atoms with Crippen LogP contribution in [0.25, 0.3) is 0 Å². The zero-order chi connectivity index (χ0) is 23.6. The highest BCUT2D eigenvalue weighted by atomic mass is 32.2. The molecule has 1 aromatic heterocycles. The fourth-order valence-electron chi connectivity index (χ4n) is 3.44. The Morgan fingerprint density at radius 2 is 1.74 bits per heavy atom. The molecule has 0 saturated heterocycles. The van der Waals surface area contributed by atoms with Gasteiger partial charge in [0.25, 0.3) is 5.91 Å². The molecule has 2 aromatic rings. The van der Waals surface area contributed by atoms with Gasteiger partial charge in [0.1, 0.15) is 4.21 Å². The second kappa shape index (κ2) is 9.92. The molecule has 1 aromatic carbocycles. The molecule has 172 valence electrons. The van der Waals surface area contributed by atoms with E-state index in [-0.39, 0.29) is 22.5 Å². The smallest absolute Gasteiger partial charge is 0.259 e. The monoisotopic (exact) mass is 466 g/mol. The SMILES string of the molecule is COCc1cc(C(C)C)c(CC(=O)N=[S@@](N)(=O)c2cc(C(C)(C)O)cs2)c(C(C)C)c1. The molecule has 6 nitrogen and oxygen atoms in total. The maximum Gasteiger partial charge on any atom is 0.259 e. The van der Waals surface area contributed by atoms with Gasteiger partial charge < -0.3 is 9.84 Å². The van der Waals surface area contributed by atoms with Gasteiger partial charge in [-0.05, 0) is 64.9 Å². The number of hydrogen-bond donors (Lipinski definition) is 2. The fraction of sp³-hybridized carbons (Fsp3) is 0.522. The summed E-state index contributed by atoms with van der Waals surface area (Å²) in [6.07, 6.45) is 0.0339. The average molecular weight is 467 g/mol. The van der Waals surface area contributed by atoms with E-state index in [0.29, 0.717) is 12.2 Å². The Morgan fingerprint density at radius 3 is 2.16 bits per heavy atom. The molecular weight excluding hydrogens is 432 g/mol. The first-order chi connectivity index (χ1) is 14.3. The van der Waals surface area contributed by atoms with E-state index in [2.05, 4.69) is 44.2 Å². The van der Waals surface area contributed by atoms with Gasteiger partial charge in [-0.3, -0.25) is 4.79 Å². The Kier molecular flexibility index (Phi) is 8.21. The van der Waals surface area contributed by atoms with Crippen LogP contribution in [0.3, 0.4) is 0 Å². The molecule has 0 bridgehead atoms. The summed E-state index contributed by atoms with van der Waals surface area (Å²) in [5.74, 6) is -0.119. The molecule has 2 rings (SSSR count). The van der Waals surface area contributed by atoms with Crippen molar-refractivity contribution in [3.8, 4) is 0 Å². The van der Waals surface area contributed by atoms with Crippen LogP contribution in [0.5, 0.6) is 0 Å². The van der Waals surface area contributed by atoms with E-state index in [4.69, 9.17) is 9.88 Å². The Bertz CT molecular complexity index is 1030. The molecule has 0 aliphatic heterocycles. The van der Waals surface area contributed by atoms with Crippen LogP contribution in [-0.4, -0.2) is 22.3 Å². The third-order valence-corrected chi connectivity index (χ3v) is 7.97. The van der Waals surface area contributed by atoms with Crippen molar-refractivity contribution in [3.05, 3.63) is 51.4 Å². The van der Waals surface area contributed by atoms with Crippen LogP contribution in [-0.2, 0) is 38.1 Å². The molecule has 0 radical (unpaired) electrons. The quantitative estimate of drug-likeness (QED) is 0.581. The number of amides is 1. The lowest BCUT2D eigenvalue weighted by Gasteiger charge is -2.21. The topological polar surface area (TPSA) is 102 Å². The summed E-state index contributed by atoms with van der Waals surface area (Å²) >= 11 is 1.13. The first-order valence-corrected chi connectivity index (χ1v) is 12.8. The first-order valence-electron chi connectivity index (χ1n) is 10.3. The zero-order valence-corrected chi connectivity index (χ0v) is 21.0. The number of methoxy groups -OCH3 is 1. The summed E-state index contributed by atoms with van der Waals surface area (Å²) < 4.78 is 22.5. The lowest BCUT2D eigenvalue weighted by Crippen LogP contribution is -2.17. The molecule has 31 heavy (non-hydrogen) atoms. The molecule has 0 fully saturated rings. The van der Waals surface area contributed by atoms with Gasteiger partial charge in [0.05, 0.1) is 18.6 Å². The number of thiophene rings is 1. The Labute approximate surface area is 190 Å². The van der Waals surface area contributed by atoms with E-state index in [1.165, 1.54) is 0 Å². The number of rotatable bonds is 8. The number of aliphatic hydroxyl groups is 1. The van der Waals surface area contributed by atoms with Crippen LogP contribution in [0.15, 0.2) is 32.2 Å². The summed E-state index contributed by atoms with van der Waals surface area (Å²) in [5, 5.41) is 17.8. The van der Waals surface area contributed by atoms with Crippen molar-refractivity contribution in [2.24, 2.45) is 9.50 Å². The number of carbonyl (C=O) groups is 1. The molecule has 0 aliphatic rings. The van der Waals surface area contributed by atoms with E-state index in [1.54, 1.807) is 32.4 Å². The third-order valence-electron chi connectivity index (χ3n) is 5.07. The number of nitrogens with two attached hydrogens (primary N) is 1. The Morgan fingerprint density at radius 1 is 1.19 bits per heavy atom. The number of nitrogens with zero attached hydrogens (tertiary/aromatic N) is 1. The summed E-state index contributed by atoms with van der Waals surface area (Å²) in [4.78, 5) is 12.9. The molecule has 1 amide bonds. The first kappa shape index (κ1) is 25.7. The fourth-order valence-corrected chi connectivity index (χ4v) is 5.79. The maximum atomic E-state index is 13.0. The van der Waals surface area contributed by atoms with Crippen molar-refractivity contribution in [2.75, 3.05) is 7.11 Å². The van der Waals surface area contributed by atoms with E-state index < -0.39 is 21.4 Å². The molecular formula is C23H34N2O4S2. The second-order valence-electron chi connectivity index (χ2n) is 8.94. The van der Waals surface area contributed by atoms with Crippen molar-refractivity contribution in [1.82, 2.24) is 0 Å². The Hall–Kier alpha value is -1.58. The molecule has 0 unspecified atom stereocenters. The van der Waals surface area contributed by atoms with Gasteiger partial charge in [-0.25, -0.2) is 9.35 Å². The number of benzene rings is 1. The minimum Gasteiger partial charge on any atom is -0.386 e. The van der Waals surface area contributed by atoms with Crippen LogP contribution < -0.4 is 5.14 Å². The van der Waals surface area contributed by atoms with Crippen LogP contribution in [0, 0.1) is 0 Å². The number of hydrogen-bond acceptors (Lipinski definition) is 5. The van der Waals surface area contributed by atoms with Gasteiger partial charge in [0, 0.05) is 7.11 Å². The molecule has 0 spiro atoms. The molecule has 0 saturated carbocycles. The number of ether oxygens (including phenoxy) is 1. The summed E-state index contributed by atoms with van der Waals surface area (Å²) in [6.45, 7) is 12.1. The van der Waals surface area contributed by atoms with Crippen LogP contribution in [0.1, 0.15) is 81.2 Å². The third kappa shape index (κ3) is 6.46. The van der Waals surface area contributed by atoms with E-state index in [1.807, 2.05) is 0 Å². The van der Waals surface area contributed by atoms with Crippen molar-refractivity contribution in [1.29, 1.82) is 0 Å². The predicted molar refractivity (Wildman–Crippen MR) is 127 cm³/mol. The average Bonchev–Trinajstić information content (AvgIpc) is 3.13. The second-order valence-corrected chi connectivity index (χ2v) is 11.9. The van der Waals surface area contributed by atoms with Crippen molar-refractivity contribution in [2.45, 2.75) is 76.2 Å². The normalized spacial score (nSPS) is 14.2. The van der Waals surface area contributed by atoms with E-state index in [9.17, 15) is 14.1 Å². The van der Waals surface area contributed by atoms with E-state index >= 15 is 0 Å². The lowest BCUT2D eigenvalue weighted by molar-refractivity contribution is -0.117. The summed E-state index contributed by atoms with van der Waals surface area (Å²) in [5.41, 5.74) is 3.60. The number of carbonyl (C=O) groups excluding carboxylic acids is 1. The van der Waals surface area contributed by atoms with Crippen LogP contribution in [0.2, 0.25) is 0 Å². The summed E-state index contributed by atoms with van der Waals surface area (Å²) in [6, 6.07) is 5.69.